The van der Waals surface area contributed by atoms with Crippen LogP contribution >= 0.6 is 0 Å². The molecule has 0 spiro atoms. The maximum absolute atomic E-state index is 11.6. The molecule has 0 fully saturated rings. The normalized spacial score (nSPS) is 14.9. The minimum Gasteiger partial charge on any atom is -0.455 e. The predicted octanol–water partition coefficient (Wildman–Crippen LogP) is 3.03. The highest BCUT2D eigenvalue weighted by Crippen LogP contribution is 2.21. The van der Waals surface area contributed by atoms with Crippen LogP contribution in [0.15, 0.2) is 24.8 Å². The van der Waals surface area contributed by atoms with Crippen LogP contribution in [0.2, 0.25) is 0 Å². The van der Waals surface area contributed by atoms with Crippen LogP contribution in [0.4, 0.5) is 0 Å². The van der Waals surface area contributed by atoms with E-state index in [-0.39, 0.29) is 5.92 Å². The molecule has 0 heterocycles. The fourth-order valence-electron chi connectivity index (χ4n) is 1.59. The lowest BCUT2D eigenvalue weighted by molar-refractivity contribution is -0.166. The van der Waals surface area contributed by atoms with Crippen molar-refractivity contribution in [2.24, 2.45) is 5.92 Å². The van der Waals surface area contributed by atoms with Crippen molar-refractivity contribution < 1.29 is 19.1 Å². The number of esters is 2. The molecule has 3 atom stereocenters. The monoisotopic (exact) mass is 268 g/mol. The van der Waals surface area contributed by atoms with Crippen LogP contribution in [0, 0.1) is 5.92 Å². The first-order valence-electron chi connectivity index (χ1n) is 6.56. The molecule has 0 aromatic carbocycles. The SMILES string of the molecule is C=CC(=O)OC(C(C)CC)C(CC)OC(=O)C(=C)C. The summed E-state index contributed by atoms with van der Waals surface area (Å²) in [5, 5.41) is 0. The first kappa shape index (κ1) is 17.4. The van der Waals surface area contributed by atoms with E-state index in [9.17, 15) is 9.59 Å². The third kappa shape index (κ3) is 5.73. The zero-order chi connectivity index (χ0) is 15.0. The highest BCUT2D eigenvalue weighted by atomic mass is 16.6. The molecule has 0 aliphatic rings. The van der Waals surface area contributed by atoms with Crippen molar-refractivity contribution in [2.45, 2.75) is 52.7 Å². The number of rotatable bonds is 8. The van der Waals surface area contributed by atoms with Crippen molar-refractivity contribution >= 4 is 11.9 Å². The van der Waals surface area contributed by atoms with Gasteiger partial charge in [-0.25, -0.2) is 9.59 Å². The van der Waals surface area contributed by atoms with E-state index >= 15 is 0 Å². The van der Waals surface area contributed by atoms with Gasteiger partial charge in [0.25, 0.3) is 0 Å². The van der Waals surface area contributed by atoms with Crippen molar-refractivity contribution in [3.8, 4) is 0 Å². The Morgan fingerprint density at radius 2 is 1.79 bits per heavy atom. The second-order valence-electron chi connectivity index (χ2n) is 4.62. The molecular formula is C15H24O4. The molecule has 0 radical (unpaired) electrons. The summed E-state index contributed by atoms with van der Waals surface area (Å²) in [4.78, 5) is 23.0. The van der Waals surface area contributed by atoms with Gasteiger partial charge in [-0.05, 0) is 25.7 Å². The molecule has 0 aromatic heterocycles. The van der Waals surface area contributed by atoms with E-state index in [1.165, 1.54) is 0 Å². The maximum atomic E-state index is 11.6. The Morgan fingerprint density at radius 3 is 2.16 bits per heavy atom. The average Bonchev–Trinajstić information content (AvgIpc) is 2.40. The molecule has 0 aromatic rings. The fraction of sp³-hybridized carbons (Fsp3) is 0.600. The summed E-state index contributed by atoms with van der Waals surface area (Å²) in [6.45, 7) is 14.3. The molecule has 4 heteroatoms. The lowest BCUT2D eigenvalue weighted by Gasteiger charge is -2.29. The van der Waals surface area contributed by atoms with Gasteiger partial charge >= 0.3 is 11.9 Å². The van der Waals surface area contributed by atoms with Gasteiger partial charge in [-0.1, -0.05) is 33.9 Å². The molecule has 0 aliphatic carbocycles. The van der Waals surface area contributed by atoms with Gasteiger partial charge in [0.2, 0.25) is 0 Å². The second-order valence-corrected chi connectivity index (χ2v) is 4.62. The standard InChI is InChI=1S/C15H24O4/c1-7-11(6)14(19-13(16)9-3)12(8-2)18-15(17)10(4)5/h9,11-12,14H,3-4,7-8H2,1-2,5-6H3. The van der Waals surface area contributed by atoms with Crippen LogP contribution in [-0.2, 0) is 19.1 Å². The largest absolute Gasteiger partial charge is 0.455 e. The van der Waals surface area contributed by atoms with Crippen LogP contribution in [0.5, 0.6) is 0 Å². The highest BCUT2D eigenvalue weighted by Gasteiger charge is 2.31. The smallest absolute Gasteiger partial charge is 0.333 e. The van der Waals surface area contributed by atoms with E-state index in [0.717, 1.165) is 12.5 Å². The highest BCUT2D eigenvalue weighted by molar-refractivity contribution is 5.87. The number of hydrogen-bond donors (Lipinski definition) is 0. The lowest BCUT2D eigenvalue weighted by atomic mass is 9.95. The minimum absolute atomic E-state index is 0.0896. The van der Waals surface area contributed by atoms with Crippen molar-refractivity contribution in [3.05, 3.63) is 24.8 Å². The maximum Gasteiger partial charge on any atom is 0.333 e. The summed E-state index contributed by atoms with van der Waals surface area (Å²) in [5.41, 5.74) is 0.330. The van der Waals surface area contributed by atoms with Gasteiger partial charge < -0.3 is 9.47 Å². The van der Waals surface area contributed by atoms with Crippen molar-refractivity contribution in [1.82, 2.24) is 0 Å². The van der Waals surface area contributed by atoms with Gasteiger partial charge in [0.15, 0.2) is 0 Å². The van der Waals surface area contributed by atoms with Crippen LogP contribution < -0.4 is 0 Å². The van der Waals surface area contributed by atoms with Gasteiger partial charge in [0, 0.05) is 11.6 Å². The quantitative estimate of drug-likeness (QED) is 0.501. The Labute approximate surface area is 115 Å². The molecule has 0 bridgehead atoms. The van der Waals surface area contributed by atoms with Crippen LogP contribution in [0.25, 0.3) is 0 Å². The summed E-state index contributed by atoms with van der Waals surface area (Å²) in [5.74, 6) is -0.878. The zero-order valence-corrected chi connectivity index (χ0v) is 12.3. The molecule has 108 valence electrons. The van der Waals surface area contributed by atoms with Gasteiger partial charge in [0.1, 0.15) is 12.2 Å². The Hall–Kier alpha value is -1.58. The Balaban J connectivity index is 4.95. The summed E-state index contributed by atoms with van der Waals surface area (Å²) in [7, 11) is 0. The van der Waals surface area contributed by atoms with Gasteiger partial charge in [0.05, 0.1) is 0 Å². The first-order chi connectivity index (χ1) is 8.87. The first-order valence-corrected chi connectivity index (χ1v) is 6.56. The Morgan fingerprint density at radius 1 is 1.21 bits per heavy atom. The molecule has 0 aliphatic heterocycles. The molecule has 3 unspecified atom stereocenters. The van der Waals surface area contributed by atoms with E-state index in [0.29, 0.717) is 12.0 Å². The molecule has 0 saturated carbocycles. The third-order valence-electron chi connectivity index (χ3n) is 3.00. The fourth-order valence-corrected chi connectivity index (χ4v) is 1.59. The van der Waals surface area contributed by atoms with E-state index in [1.807, 2.05) is 20.8 Å². The Kier molecular flexibility index (Phi) is 7.80. The number of carbonyl (C=O) groups excluding carboxylic acids is 2. The number of hydrogen-bond acceptors (Lipinski definition) is 4. The van der Waals surface area contributed by atoms with Gasteiger partial charge in [-0.2, -0.15) is 0 Å². The molecular weight excluding hydrogens is 244 g/mol. The van der Waals surface area contributed by atoms with E-state index in [2.05, 4.69) is 13.2 Å². The summed E-state index contributed by atoms with van der Waals surface area (Å²) in [6.07, 6.45) is 1.56. The van der Waals surface area contributed by atoms with Crippen molar-refractivity contribution in [1.29, 1.82) is 0 Å². The summed E-state index contributed by atoms with van der Waals surface area (Å²) >= 11 is 0. The van der Waals surface area contributed by atoms with Gasteiger partial charge in [-0.3, -0.25) is 0 Å². The molecule has 0 saturated heterocycles. The summed E-state index contributed by atoms with van der Waals surface area (Å²) in [6, 6.07) is 0. The van der Waals surface area contributed by atoms with Gasteiger partial charge in [-0.15, -0.1) is 0 Å². The van der Waals surface area contributed by atoms with Crippen molar-refractivity contribution in [2.75, 3.05) is 0 Å². The molecule has 0 rings (SSSR count). The van der Waals surface area contributed by atoms with E-state index < -0.39 is 24.1 Å². The van der Waals surface area contributed by atoms with E-state index in [4.69, 9.17) is 9.47 Å². The average molecular weight is 268 g/mol. The van der Waals surface area contributed by atoms with Crippen LogP contribution in [0.1, 0.15) is 40.5 Å². The molecule has 4 nitrogen and oxygen atoms in total. The van der Waals surface area contributed by atoms with Crippen LogP contribution in [0.3, 0.4) is 0 Å². The van der Waals surface area contributed by atoms with E-state index in [1.54, 1.807) is 6.92 Å². The zero-order valence-electron chi connectivity index (χ0n) is 12.3. The lowest BCUT2D eigenvalue weighted by Crippen LogP contribution is -2.39. The predicted molar refractivity (Wildman–Crippen MR) is 74.5 cm³/mol. The molecule has 0 amide bonds. The Bertz CT molecular complexity index is 346. The summed E-state index contributed by atoms with van der Waals surface area (Å²) < 4.78 is 10.7. The third-order valence-corrected chi connectivity index (χ3v) is 3.00. The second kappa shape index (κ2) is 8.51. The number of ether oxygens (including phenoxy) is 2. The van der Waals surface area contributed by atoms with Crippen molar-refractivity contribution in [3.63, 3.8) is 0 Å². The number of carbonyl (C=O) groups is 2. The topological polar surface area (TPSA) is 52.6 Å². The molecule has 0 N–H and O–H groups in total. The molecule has 19 heavy (non-hydrogen) atoms. The minimum atomic E-state index is -0.505. The van der Waals surface area contributed by atoms with Crippen LogP contribution in [-0.4, -0.2) is 24.1 Å².